The number of carbonyl (C=O) groups is 1. The van der Waals surface area contributed by atoms with Crippen LogP contribution < -0.4 is 10.6 Å². The van der Waals surface area contributed by atoms with Crippen LogP contribution in [0.2, 0.25) is 0 Å². The standard InChI is InChI=1S/C15H19N5O/c1-20(2)10-18-14-6-5-13(7-12(14)8-16)19-15(21)17-9-11-3-4-11/h5-7,10-11H,3-4,9H2,1-2H3,(H2,17,19,21). The summed E-state index contributed by atoms with van der Waals surface area (Å²) in [6.07, 6.45) is 4.01. The Kier molecular flexibility index (Phi) is 4.77. The van der Waals surface area contributed by atoms with Gasteiger partial charge in [-0.15, -0.1) is 0 Å². The fraction of sp³-hybridized carbons (Fsp3) is 0.400. The molecule has 0 saturated heterocycles. The van der Waals surface area contributed by atoms with Gasteiger partial charge in [0, 0.05) is 26.3 Å². The van der Waals surface area contributed by atoms with Gasteiger partial charge in [-0.25, -0.2) is 9.79 Å². The second kappa shape index (κ2) is 6.75. The van der Waals surface area contributed by atoms with E-state index in [1.165, 1.54) is 12.8 Å². The largest absolute Gasteiger partial charge is 0.369 e. The lowest BCUT2D eigenvalue weighted by atomic mass is 10.2. The van der Waals surface area contributed by atoms with Gasteiger partial charge in [0.15, 0.2) is 0 Å². The second-order valence-corrected chi connectivity index (χ2v) is 5.33. The molecule has 2 N–H and O–H groups in total. The molecule has 0 aromatic heterocycles. The summed E-state index contributed by atoms with van der Waals surface area (Å²) in [6.45, 7) is 0.710. The van der Waals surface area contributed by atoms with Crippen molar-refractivity contribution >= 4 is 23.7 Å². The second-order valence-electron chi connectivity index (χ2n) is 5.33. The van der Waals surface area contributed by atoms with Crippen LogP contribution in [0.15, 0.2) is 23.2 Å². The first kappa shape index (κ1) is 14.9. The van der Waals surface area contributed by atoms with Gasteiger partial charge >= 0.3 is 6.03 Å². The number of urea groups is 1. The quantitative estimate of drug-likeness (QED) is 0.643. The van der Waals surface area contributed by atoms with Gasteiger partial charge in [-0.1, -0.05) is 0 Å². The Labute approximate surface area is 124 Å². The van der Waals surface area contributed by atoms with Crippen molar-refractivity contribution in [1.82, 2.24) is 10.2 Å². The molecule has 0 bridgehead atoms. The zero-order valence-electron chi connectivity index (χ0n) is 12.3. The fourth-order valence-electron chi connectivity index (χ4n) is 1.73. The van der Waals surface area contributed by atoms with E-state index in [1.807, 2.05) is 14.1 Å². The molecule has 0 unspecified atom stereocenters. The monoisotopic (exact) mass is 285 g/mol. The Morgan fingerprint density at radius 3 is 2.90 bits per heavy atom. The topological polar surface area (TPSA) is 80.5 Å². The number of anilines is 1. The van der Waals surface area contributed by atoms with Crippen LogP contribution >= 0.6 is 0 Å². The lowest BCUT2D eigenvalue weighted by Crippen LogP contribution is -2.30. The Morgan fingerprint density at radius 1 is 1.52 bits per heavy atom. The van der Waals surface area contributed by atoms with E-state index >= 15 is 0 Å². The van der Waals surface area contributed by atoms with Crippen LogP contribution in [0.25, 0.3) is 0 Å². The van der Waals surface area contributed by atoms with Crippen LogP contribution in [0.5, 0.6) is 0 Å². The van der Waals surface area contributed by atoms with E-state index in [4.69, 9.17) is 5.26 Å². The predicted molar refractivity (Wildman–Crippen MR) is 82.7 cm³/mol. The SMILES string of the molecule is CN(C)C=Nc1ccc(NC(=O)NCC2CC2)cc1C#N. The minimum absolute atomic E-state index is 0.240. The van der Waals surface area contributed by atoms with Gasteiger partial charge in [0.25, 0.3) is 0 Å². The summed E-state index contributed by atoms with van der Waals surface area (Å²) in [5, 5.41) is 14.7. The molecule has 21 heavy (non-hydrogen) atoms. The van der Waals surface area contributed by atoms with Gasteiger partial charge < -0.3 is 15.5 Å². The number of nitriles is 1. The van der Waals surface area contributed by atoms with Crippen LogP contribution in [0.1, 0.15) is 18.4 Å². The van der Waals surface area contributed by atoms with Crippen molar-refractivity contribution < 1.29 is 4.79 Å². The first-order valence-corrected chi connectivity index (χ1v) is 6.88. The first-order valence-electron chi connectivity index (χ1n) is 6.88. The third kappa shape index (κ3) is 4.80. The van der Waals surface area contributed by atoms with E-state index in [0.717, 1.165) is 0 Å². The minimum atomic E-state index is -0.240. The number of benzene rings is 1. The molecular weight excluding hydrogens is 266 g/mol. The van der Waals surface area contributed by atoms with Crippen molar-refractivity contribution in [2.75, 3.05) is 26.0 Å². The minimum Gasteiger partial charge on any atom is -0.369 e. The fourth-order valence-corrected chi connectivity index (χ4v) is 1.73. The van der Waals surface area contributed by atoms with Crippen molar-refractivity contribution in [2.24, 2.45) is 10.9 Å². The Hall–Kier alpha value is -2.55. The zero-order valence-corrected chi connectivity index (χ0v) is 12.3. The summed E-state index contributed by atoms with van der Waals surface area (Å²) < 4.78 is 0. The number of nitrogens with one attached hydrogen (secondary N) is 2. The molecule has 0 spiro atoms. The van der Waals surface area contributed by atoms with Gasteiger partial charge in [-0.05, 0) is 37.0 Å². The van der Waals surface area contributed by atoms with Crippen LogP contribution in [0, 0.1) is 17.2 Å². The van der Waals surface area contributed by atoms with Crippen molar-refractivity contribution in [3.8, 4) is 6.07 Å². The summed E-state index contributed by atoms with van der Waals surface area (Å²) in [5.41, 5.74) is 1.59. The van der Waals surface area contributed by atoms with E-state index in [2.05, 4.69) is 21.7 Å². The number of hydrogen-bond donors (Lipinski definition) is 2. The Bertz CT molecular complexity index is 584. The maximum absolute atomic E-state index is 11.7. The molecule has 0 radical (unpaired) electrons. The van der Waals surface area contributed by atoms with Crippen molar-refractivity contribution in [3.05, 3.63) is 23.8 Å². The van der Waals surface area contributed by atoms with Crippen LogP contribution in [-0.4, -0.2) is 37.9 Å². The first-order chi connectivity index (χ1) is 10.1. The Morgan fingerprint density at radius 2 is 2.29 bits per heavy atom. The average Bonchev–Trinajstić information content (AvgIpc) is 3.27. The van der Waals surface area contributed by atoms with Gasteiger partial charge in [0.05, 0.1) is 17.6 Å². The van der Waals surface area contributed by atoms with E-state index in [1.54, 1.807) is 29.4 Å². The predicted octanol–water partition coefficient (Wildman–Crippen LogP) is 2.31. The third-order valence-electron chi connectivity index (χ3n) is 3.05. The van der Waals surface area contributed by atoms with Gasteiger partial charge in [0.1, 0.15) is 6.07 Å². The highest BCUT2D eigenvalue weighted by atomic mass is 16.2. The molecule has 1 fully saturated rings. The van der Waals surface area contributed by atoms with Gasteiger partial charge in [-0.3, -0.25) is 0 Å². The molecule has 1 aliphatic carbocycles. The average molecular weight is 285 g/mol. The normalized spacial score (nSPS) is 13.8. The van der Waals surface area contributed by atoms with Crippen molar-refractivity contribution in [1.29, 1.82) is 5.26 Å². The number of carbonyl (C=O) groups excluding carboxylic acids is 1. The van der Waals surface area contributed by atoms with Crippen LogP contribution in [0.3, 0.4) is 0 Å². The van der Waals surface area contributed by atoms with E-state index in [9.17, 15) is 4.79 Å². The molecule has 1 aromatic rings. The third-order valence-corrected chi connectivity index (χ3v) is 3.05. The molecule has 2 amide bonds. The highest BCUT2D eigenvalue weighted by molar-refractivity contribution is 5.89. The van der Waals surface area contributed by atoms with Crippen LogP contribution in [0.4, 0.5) is 16.2 Å². The molecule has 1 saturated carbocycles. The lowest BCUT2D eigenvalue weighted by Gasteiger charge is -2.08. The molecule has 0 aliphatic heterocycles. The number of nitrogens with zero attached hydrogens (tertiary/aromatic N) is 3. The zero-order chi connectivity index (χ0) is 15.2. The number of hydrogen-bond acceptors (Lipinski definition) is 3. The molecule has 6 heteroatoms. The van der Waals surface area contributed by atoms with Crippen molar-refractivity contribution in [3.63, 3.8) is 0 Å². The summed E-state index contributed by atoms with van der Waals surface area (Å²) in [4.78, 5) is 17.7. The molecule has 110 valence electrons. The van der Waals surface area contributed by atoms with Gasteiger partial charge in [-0.2, -0.15) is 5.26 Å². The van der Waals surface area contributed by atoms with Crippen LogP contribution in [-0.2, 0) is 0 Å². The maximum Gasteiger partial charge on any atom is 0.319 e. The molecule has 6 nitrogen and oxygen atoms in total. The summed E-state index contributed by atoms with van der Waals surface area (Å²) in [5.74, 6) is 0.633. The Balaban J connectivity index is 2.00. The molecule has 1 aromatic carbocycles. The lowest BCUT2D eigenvalue weighted by molar-refractivity contribution is 0.251. The van der Waals surface area contributed by atoms with E-state index < -0.39 is 0 Å². The van der Waals surface area contributed by atoms with Gasteiger partial charge in [0.2, 0.25) is 0 Å². The summed E-state index contributed by atoms with van der Waals surface area (Å²) in [6, 6.07) is 6.93. The number of rotatable bonds is 5. The molecule has 1 aliphatic rings. The molecule has 2 rings (SSSR count). The molecule has 0 atom stereocenters. The number of amides is 2. The highest BCUT2D eigenvalue weighted by Gasteiger charge is 2.21. The maximum atomic E-state index is 11.7. The summed E-state index contributed by atoms with van der Waals surface area (Å²) in [7, 11) is 3.71. The van der Waals surface area contributed by atoms with E-state index in [0.29, 0.717) is 29.4 Å². The smallest absolute Gasteiger partial charge is 0.319 e. The molecule has 0 heterocycles. The number of aliphatic imine (C=N–C) groups is 1. The van der Waals surface area contributed by atoms with E-state index in [-0.39, 0.29) is 6.03 Å². The molecular formula is C15H19N5O. The van der Waals surface area contributed by atoms with Crippen molar-refractivity contribution in [2.45, 2.75) is 12.8 Å². The highest BCUT2D eigenvalue weighted by Crippen LogP contribution is 2.27. The summed E-state index contributed by atoms with van der Waals surface area (Å²) >= 11 is 0.